The third-order valence-corrected chi connectivity index (χ3v) is 13.4. The van der Waals surface area contributed by atoms with E-state index in [1.54, 1.807) is 30.5 Å². The van der Waals surface area contributed by atoms with Crippen LogP contribution >= 0.6 is 23.2 Å². The summed E-state index contributed by atoms with van der Waals surface area (Å²) >= 11 is 13.1. The Morgan fingerprint density at radius 2 is 1.92 bits per heavy atom. The van der Waals surface area contributed by atoms with E-state index in [1.807, 2.05) is 17.9 Å². The molecular formula is C41H37Cl2F2N7O. The summed E-state index contributed by atoms with van der Waals surface area (Å²) in [6.07, 6.45) is 5.77. The molecule has 0 spiro atoms. The summed E-state index contributed by atoms with van der Waals surface area (Å²) in [4.78, 5) is 27.9. The van der Waals surface area contributed by atoms with Gasteiger partial charge in [0.2, 0.25) is 5.91 Å². The fourth-order valence-corrected chi connectivity index (χ4v) is 10.5. The van der Waals surface area contributed by atoms with Crippen molar-refractivity contribution < 1.29 is 13.6 Å². The highest BCUT2D eigenvalue weighted by atomic mass is 35.5. The lowest BCUT2D eigenvalue weighted by Gasteiger charge is -2.40. The number of amides is 1. The Bertz CT molecular complexity index is 2390. The molecule has 6 fully saturated rings. The lowest BCUT2D eigenvalue weighted by Crippen LogP contribution is -2.45. The summed E-state index contributed by atoms with van der Waals surface area (Å²) in [5, 5.41) is 15.5. The van der Waals surface area contributed by atoms with E-state index in [0.717, 1.165) is 48.8 Å². The number of hydrogen-bond donors (Lipinski definition) is 1. The maximum atomic E-state index is 17.3. The maximum absolute atomic E-state index is 17.3. The van der Waals surface area contributed by atoms with E-state index in [9.17, 15) is 10.1 Å². The molecule has 6 aliphatic rings. The van der Waals surface area contributed by atoms with Gasteiger partial charge in [-0.2, -0.15) is 5.26 Å². The normalized spacial score (nSPS) is 26.0. The molecule has 1 N–H and O–H groups in total. The SMILES string of the molecule is Cc1nc2c(F)c(-c3cccc(Cl)c3Cl)c(CCC#N)cc2c2c1cc([C@H]1[C@H]3C[C@H](CN(c4ncccc4F)C3)N1C(=O)C1CC1)n2[C@H]1[C@H]2CN[C@@H]1C2. The van der Waals surface area contributed by atoms with Gasteiger partial charge in [-0.05, 0) is 80.8 Å². The van der Waals surface area contributed by atoms with Crippen molar-refractivity contribution in [3.8, 4) is 17.2 Å². The number of carbonyl (C=O) groups is 1. The van der Waals surface area contributed by atoms with Gasteiger partial charge in [0.05, 0.1) is 39.8 Å². The molecule has 53 heavy (non-hydrogen) atoms. The number of pyridine rings is 2. The number of halogens is 4. The minimum absolute atomic E-state index is 0.00835. The molecule has 2 saturated carbocycles. The van der Waals surface area contributed by atoms with Gasteiger partial charge in [0.15, 0.2) is 17.5 Å². The van der Waals surface area contributed by atoms with Crippen LogP contribution in [0, 0.1) is 47.6 Å². The quantitative estimate of drug-likeness (QED) is 0.180. The molecule has 0 radical (unpaired) electrons. The molecule has 11 rings (SSSR count). The average molecular weight is 753 g/mol. The standard InChI is InChI=1S/C41H37Cl2F2N7O/c1-20-27-16-32(38-24-13-25(51(38)41(53)21-9-10-21)19-50(18-24)40-30(44)8-4-12-47-40)52(37-23-15-31(37)48-17-23)39(27)28-14-22(5-3-11-46)33(35(45)36(28)49-20)26-6-2-7-29(42)34(26)43/h2,4,6-8,12,14,16,21,23-25,31,37-38,48H,3,5,9-10,13,15,17-19H2,1H3/t23-,24+,25-,31-,37+,38-/m1/s1. The monoisotopic (exact) mass is 751 g/mol. The van der Waals surface area contributed by atoms with Crippen molar-refractivity contribution >= 4 is 56.7 Å². The summed E-state index contributed by atoms with van der Waals surface area (Å²) in [5.41, 5.74) is 4.29. The Balaban J connectivity index is 1.22. The van der Waals surface area contributed by atoms with Gasteiger partial charge < -0.3 is 19.7 Å². The molecule has 5 aromatic rings. The number of carbonyl (C=O) groups excluding carboxylic acids is 1. The first-order valence-corrected chi connectivity index (χ1v) is 19.4. The number of likely N-dealkylation sites (tertiary alicyclic amines) is 1. The van der Waals surface area contributed by atoms with Crippen LogP contribution in [0.5, 0.6) is 0 Å². The van der Waals surface area contributed by atoms with Gasteiger partial charge in [-0.25, -0.2) is 18.7 Å². The van der Waals surface area contributed by atoms with Gasteiger partial charge in [-0.1, -0.05) is 35.3 Å². The first-order valence-electron chi connectivity index (χ1n) is 18.6. The fourth-order valence-electron chi connectivity index (χ4n) is 10.1. The van der Waals surface area contributed by atoms with Crippen molar-refractivity contribution in [3.05, 3.63) is 87.3 Å². The Hall–Kier alpha value is -4.30. The third-order valence-electron chi connectivity index (χ3n) is 12.6. The highest BCUT2D eigenvalue weighted by Crippen LogP contribution is 2.54. The average Bonchev–Trinajstić information content (AvgIpc) is 3.43. The predicted molar refractivity (Wildman–Crippen MR) is 201 cm³/mol. The van der Waals surface area contributed by atoms with Crippen LogP contribution in [0.4, 0.5) is 14.6 Å². The summed E-state index contributed by atoms with van der Waals surface area (Å²) in [5.74, 6) is 0.0641. The Kier molecular flexibility index (Phi) is 7.77. The molecular weight excluding hydrogens is 715 g/mol. The zero-order chi connectivity index (χ0) is 36.3. The second kappa shape index (κ2) is 12.4. The van der Waals surface area contributed by atoms with E-state index < -0.39 is 5.82 Å². The third kappa shape index (κ3) is 5.03. The van der Waals surface area contributed by atoms with Gasteiger partial charge in [-0.15, -0.1) is 0 Å². The minimum Gasteiger partial charge on any atom is -0.352 e. The van der Waals surface area contributed by atoms with Gasteiger partial charge in [-0.3, -0.25) is 4.79 Å². The van der Waals surface area contributed by atoms with Crippen molar-refractivity contribution in [1.29, 1.82) is 5.26 Å². The largest absolute Gasteiger partial charge is 0.352 e. The van der Waals surface area contributed by atoms with Crippen molar-refractivity contribution in [3.63, 3.8) is 0 Å². The number of hydrogen-bond acceptors (Lipinski definition) is 6. The van der Waals surface area contributed by atoms with E-state index >= 15 is 8.78 Å². The van der Waals surface area contributed by atoms with Gasteiger partial charge in [0, 0.05) is 83.4 Å². The highest BCUT2D eigenvalue weighted by Gasteiger charge is 2.55. The van der Waals surface area contributed by atoms with Crippen LogP contribution < -0.4 is 10.2 Å². The number of nitriles is 1. The lowest BCUT2D eigenvalue weighted by atomic mass is 9.79. The highest BCUT2D eigenvalue weighted by molar-refractivity contribution is 6.43. The molecule has 12 heteroatoms. The predicted octanol–water partition coefficient (Wildman–Crippen LogP) is 8.32. The lowest BCUT2D eigenvalue weighted by molar-refractivity contribution is -0.135. The molecule has 4 aliphatic heterocycles. The van der Waals surface area contributed by atoms with Crippen LogP contribution in [0.25, 0.3) is 32.9 Å². The van der Waals surface area contributed by atoms with E-state index in [-0.39, 0.29) is 64.7 Å². The molecule has 8 nitrogen and oxygen atoms in total. The maximum Gasteiger partial charge on any atom is 0.226 e. The molecule has 2 aromatic carbocycles. The molecule has 4 saturated heterocycles. The second-order valence-electron chi connectivity index (χ2n) is 15.6. The summed E-state index contributed by atoms with van der Waals surface area (Å²) in [7, 11) is 0. The molecule has 0 unspecified atom stereocenters. The number of aromatic nitrogens is 3. The zero-order valence-corrected chi connectivity index (χ0v) is 30.6. The number of fused-ring (bicyclic) bond motifs is 6. The summed E-state index contributed by atoms with van der Waals surface area (Å²) in [6.45, 7) is 3.89. The van der Waals surface area contributed by atoms with E-state index in [1.165, 1.54) is 6.07 Å². The van der Waals surface area contributed by atoms with Crippen molar-refractivity contribution in [1.82, 2.24) is 24.8 Å². The van der Waals surface area contributed by atoms with Gasteiger partial charge in [0.25, 0.3) is 0 Å². The van der Waals surface area contributed by atoms with Crippen molar-refractivity contribution in [2.75, 3.05) is 24.5 Å². The molecule has 4 bridgehead atoms. The van der Waals surface area contributed by atoms with Gasteiger partial charge >= 0.3 is 0 Å². The number of nitrogens with one attached hydrogen (secondary N) is 1. The molecule has 6 atom stereocenters. The van der Waals surface area contributed by atoms with E-state index in [0.29, 0.717) is 64.0 Å². The molecule has 3 aromatic heterocycles. The van der Waals surface area contributed by atoms with Crippen LogP contribution in [0.3, 0.4) is 0 Å². The zero-order valence-electron chi connectivity index (χ0n) is 29.1. The second-order valence-corrected chi connectivity index (χ2v) is 16.4. The van der Waals surface area contributed by atoms with E-state index in [2.05, 4.69) is 31.9 Å². The van der Waals surface area contributed by atoms with Crippen molar-refractivity contribution in [2.24, 2.45) is 17.8 Å². The van der Waals surface area contributed by atoms with Gasteiger partial charge in [0.1, 0.15) is 5.52 Å². The fraction of sp³-hybridized carbons (Fsp3) is 0.415. The van der Waals surface area contributed by atoms with Crippen LogP contribution in [0.2, 0.25) is 10.0 Å². The number of piperidine rings is 1. The minimum atomic E-state index is -0.496. The molecule has 2 aliphatic carbocycles. The first-order chi connectivity index (χ1) is 25.7. The first kappa shape index (κ1) is 33.3. The number of rotatable bonds is 7. The Morgan fingerprint density at radius 3 is 2.66 bits per heavy atom. The van der Waals surface area contributed by atoms with Crippen LogP contribution in [0.15, 0.2) is 48.7 Å². The number of nitrogens with zero attached hydrogens (tertiary/aromatic N) is 6. The van der Waals surface area contributed by atoms with Crippen LogP contribution in [-0.2, 0) is 11.2 Å². The molecule has 270 valence electrons. The smallest absolute Gasteiger partial charge is 0.226 e. The Labute approximate surface area is 315 Å². The number of benzene rings is 2. The number of aryl methyl sites for hydroxylation is 2. The topological polar surface area (TPSA) is 90.1 Å². The summed E-state index contributed by atoms with van der Waals surface area (Å²) in [6, 6.07) is 14.7. The van der Waals surface area contributed by atoms with Crippen LogP contribution in [0.1, 0.15) is 61.1 Å². The molecule has 1 amide bonds. The molecule has 7 heterocycles. The number of anilines is 1. The Morgan fingerprint density at radius 1 is 1.08 bits per heavy atom. The van der Waals surface area contributed by atoms with Crippen LogP contribution in [-0.4, -0.2) is 57.1 Å². The van der Waals surface area contributed by atoms with Crippen molar-refractivity contribution in [2.45, 2.75) is 69.6 Å². The van der Waals surface area contributed by atoms with E-state index in [4.69, 9.17) is 28.2 Å². The summed E-state index contributed by atoms with van der Waals surface area (Å²) < 4.78 is 34.9.